The van der Waals surface area contributed by atoms with Crippen LogP contribution in [0.3, 0.4) is 0 Å². The standard InChI is InChI=1S/C21H21N3O4/c1-14(25)21(27)12-24(13-21)20(26)16-7-9-17(10-8-16)23-28-18-6-2-4-15-5-3-11-22-19(15)18/h2-11,14,23,25,27H,12-13H2,1H3. The Hall–Kier alpha value is -3.16. The summed E-state index contributed by atoms with van der Waals surface area (Å²) in [6.07, 6.45) is 0.841. The summed E-state index contributed by atoms with van der Waals surface area (Å²) in [6, 6.07) is 16.4. The van der Waals surface area contributed by atoms with E-state index in [1.165, 1.54) is 11.8 Å². The molecule has 1 atom stereocenters. The van der Waals surface area contributed by atoms with E-state index >= 15 is 0 Å². The van der Waals surface area contributed by atoms with Gasteiger partial charge in [0.1, 0.15) is 11.1 Å². The number of para-hydroxylation sites is 1. The van der Waals surface area contributed by atoms with Crippen LogP contribution < -0.4 is 10.3 Å². The van der Waals surface area contributed by atoms with Crippen LogP contribution in [0.25, 0.3) is 10.9 Å². The monoisotopic (exact) mass is 379 g/mol. The number of fused-ring (bicyclic) bond motifs is 1. The van der Waals surface area contributed by atoms with Gasteiger partial charge in [0.25, 0.3) is 5.91 Å². The van der Waals surface area contributed by atoms with Gasteiger partial charge in [-0.15, -0.1) is 0 Å². The van der Waals surface area contributed by atoms with E-state index in [9.17, 15) is 15.0 Å². The fourth-order valence-electron chi connectivity index (χ4n) is 3.16. The van der Waals surface area contributed by atoms with Crippen molar-refractivity contribution in [3.8, 4) is 5.75 Å². The Morgan fingerprint density at radius 3 is 2.61 bits per heavy atom. The van der Waals surface area contributed by atoms with Crippen LogP contribution in [0.5, 0.6) is 5.75 Å². The second-order valence-corrected chi connectivity index (χ2v) is 7.05. The number of nitrogens with one attached hydrogen (secondary N) is 1. The molecule has 3 N–H and O–H groups in total. The van der Waals surface area contributed by atoms with Gasteiger partial charge in [0.15, 0.2) is 5.75 Å². The zero-order valence-electron chi connectivity index (χ0n) is 15.4. The smallest absolute Gasteiger partial charge is 0.254 e. The number of aliphatic hydroxyl groups is 2. The van der Waals surface area contributed by atoms with Crippen molar-refractivity contribution >= 4 is 22.5 Å². The van der Waals surface area contributed by atoms with Gasteiger partial charge in [-0.3, -0.25) is 9.78 Å². The van der Waals surface area contributed by atoms with Gasteiger partial charge in [-0.2, -0.15) is 0 Å². The summed E-state index contributed by atoms with van der Waals surface area (Å²) in [5.41, 5.74) is 3.61. The highest BCUT2D eigenvalue weighted by Crippen LogP contribution is 2.27. The number of aromatic nitrogens is 1. The Kier molecular flexibility index (Phi) is 4.62. The second-order valence-electron chi connectivity index (χ2n) is 7.05. The summed E-state index contributed by atoms with van der Waals surface area (Å²) in [7, 11) is 0. The molecule has 1 amide bonds. The number of hydrogen-bond donors (Lipinski definition) is 3. The minimum atomic E-state index is -1.21. The summed E-state index contributed by atoms with van der Waals surface area (Å²) in [5.74, 6) is 0.423. The Balaban J connectivity index is 1.39. The minimum Gasteiger partial charge on any atom is -0.390 e. The number of likely N-dealkylation sites (tertiary alicyclic amines) is 1. The van der Waals surface area contributed by atoms with Crippen molar-refractivity contribution < 1.29 is 19.8 Å². The Labute approximate surface area is 162 Å². The van der Waals surface area contributed by atoms with Crippen LogP contribution in [-0.2, 0) is 0 Å². The van der Waals surface area contributed by atoms with E-state index in [2.05, 4.69) is 10.5 Å². The van der Waals surface area contributed by atoms with Gasteiger partial charge in [-0.1, -0.05) is 18.2 Å². The molecule has 144 valence electrons. The van der Waals surface area contributed by atoms with Crippen molar-refractivity contribution in [2.24, 2.45) is 0 Å². The first-order valence-corrected chi connectivity index (χ1v) is 9.03. The third-order valence-corrected chi connectivity index (χ3v) is 5.00. The molecule has 1 aliphatic heterocycles. The van der Waals surface area contributed by atoms with Crippen molar-refractivity contribution in [1.82, 2.24) is 9.88 Å². The number of nitrogens with zero attached hydrogens (tertiary/aromatic N) is 2. The Bertz CT molecular complexity index is 993. The summed E-state index contributed by atoms with van der Waals surface area (Å²) in [6.45, 7) is 1.77. The first-order valence-electron chi connectivity index (χ1n) is 9.03. The molecule has 1 fully saturated rings. The van der Waals surface area contributed by atoms with Crippen molar-refractivity contribution in [2.45, 2.75) is 18.6 Å². The highest BCUT2D eigenvalue weighted by atomic mass is 16.6. The van der Waals surface area contributed by atoms with E-state index in [0.29, 0.717) is 17.0 Å². The molecule has 0 bridgehead atoms. The predicted octanol–water partition coefficient (Wildman–Crippen LogP) is 2.21. The largest absolute Gasteiger partial charge is 0.390 e. The van der Waals surface area contributed by atoms with Crippen LogP contribution in [0.1, 0.15) is 17.3 Å². The van der Waals surface area contributed by atoms with E-state index < -0.39 is 11.7 Å². The van der Waals surface area contributed by atoms with Crippen LogP contribution >= 0.6 is 0 Å². The molecule has 0 saturated carbocycles. The zero-order valence-corrected chi connectivity index (χ0v) is 15.4. The van der Waals surface area contributed by atoms with Gasteiger partial charge in [0.2, 0.25) is 0 Å². The number of hydrogen-bond acceptors (Lipinski definition) is 6. The maximum Gasteiger partial charge on any atom is 0.254 e. The molecule has 1 aromatic heterocycles. The van der Waals surface area contributed by atoms with Crippen molar-refractivity contribution in [3.05, 3.63) is 66.4 Å². The normalized spacial score (nSPS) is 16.3. The van der Waals surface area contributed by atoms with E-state index in [4.69, 9.17) is 4.84 Å². The molecule has 3 aromatic rings. The van der Waals surface area contributed by atoms with Crippen LogP contribution in [-0.4, -0.2) is 50.8 Å². The van der Waals surface area contributed by atoms with E-state index in [0.717, 1.165) is 10.9 Å². The lowest BCUT2D eigenvalue weighted by molar-refractivity contribution is -0.144. The molecule has 7 nitrogen and oxygen atoms in total. The van der Waals surface area contributed by atoms with Gasteiger partial charge < -0.3 is 20.0 Å². The number of aliphatic hydroxyl groups excluding tert-OH is 1. The van der Waals surface area contributed by atoms with Crippen LogP contribution in [0.2, 0.25) is 0 Å². The molecule has 1 saturated heterocycles. The lowest BCUT2D eigenvalue weighted by Gasteiger charge is -2.48. The zero-order chi connectivity index (χ0) is 19.7. The van der Waals surface area contributed by atoms with E-state index in [1.807, 2.05) is 30.3 Å². The number of β-amino-alcohol motifs (C(OH)–C–C–N with tert-alkyl or cyclic N) is 1. The number of benzene rings is 2. The van der Waals surface area contributed by atoms with E-state index in [-0.39, 0.29) is 19.0 Å². The molecule has 0 spiro atoms. The quantitative estimate of drug-likeness (QED) is 0.589. The predicted molar refractivity (Wildman–Crippen MR) is 105 cm³/mol. The lowest BCUT2D eigenvalue weighted by atomic mass is 9.88. The fraction of sp³-hybridized carbons (Fsp3) is 0.238. The summed E-state index contributed by atoms with van der Waals surface area (Å²) in [4.78, 5) is 24.0. The minimum absolute atomic E-state index is 0.126. The van der Waals surface area contributed by atoms with Crippen LogP contribution in [0.4, 0.5) is 5.69 Å². The van der Waals surface area contributed by atoms with Crippen molar-refractivity contribution in [1.29, 1.82) is 0 Å². The number of pyridine rings is 1. The highest BCUT2D eigenvalue weighted by Gasteiger charge is 2.47. The number of amides is 1. The summed E-state index contributed by atoms with van der Waals surface area (Å²) < 4.78 is 0. The average Bonchev–Trinajstić information content (AvgIpc) is 2.69. The third-order valence-electron chi connectivity index (χ3n) is 5.00. The number of rotatable bonds is 5. The van der Waals surface area contributed by atoms with Gasteiger partial charge in [-0.05, 0) is 43.3 Å². The number of anilines is 1. The first-order chi connectivity index (χ1) is 13.5. The van der Waals surface area contributed by atoms with E-state index in [1.54, 1.807) is 30.5 Å². The van der Waals surface area contributed by atoms with Crippen LogP contribution in [0.15, 0.2) is 60.8 Å². The van der Waals surface area contributed by atoms with Crippen molar-refractivity contribution in [2.75, 3.05) is 18.6 Å². The molecule has 1 aliphatic rings. The van der Waals surface area contributed by atoms with Gasteiger partial charge >= 0.3 is 0 Å². The Morgan fingerprint density at radius 1 is 1.18 bits per heavy atom. The maximum atomic E-state index is 12.4. The summed E-state index contributed by atoms with van der Waals surface area (Å²) in [5, 5.41) is 20.6. The fourth-order valence-corrected chi connectivity index (χ4v) is 3.16. The molecular formula is C21H21N3O4. The van der Waals surface area contributed by atoms with Gasteiger partial charge in [0, 0.05) is 17.1 Å². The molecular weight excluding hydrogens is 358 g/mol. The lowest BCUT2D eigenvalue weighted by Crippen LogP contribution is -2.68. The topological polar surface area (TPSA) is 94.9 Å². The average molecular weight is 379 g/mol. The number of carbonyl (C=O) groups excluding carboxylic acids is 1. The highest BCUT2D eigenvalue weighted by molar-refractivity contribution is 5.95. The Morgan fingerprint density at radius 2 is 1.89 bits per heavy atom. The third kappa shape index (κ3) is 3.37. The van der Waals surface area contributed by atoms with Crippen molar-refractivity contribution in [3.63, 3.8) is 0 Å². The molecule has 7 heteroatoms. The van der Waals surface area contributed by atoms with Crippen LogP contribution in [0, 0.1) is 0 Å². The molecule has 2 aromatic carbocycles. The molecule has 1 unspecified atom stereocenters. The molecule has 0 aliphatic carbocycles. The second kappa shape index (κ2) is 7.10. The van der Waals surface area contributed by atoms with Gasteiger partial charge in [-0.25, -0.2) is 5.48 Å². The maximum absolute atomic E-state index is 12.4. The molecule has 2 heterocycles. The summed E-state index contributed by atoms with van der Waals surface area (Å²) >= 11 is 0. The molecule has 4 rings (SSSR count). The van der Waals surface area contributed by atoms with Gasteiger partial charge in [0.05, 0.1) is 24.9 Å². The molecule has 28 heavy (non-hydrogen) atoms. The first kappa shape index (κ1) is 18.2. The number of carbonyl (C=O) groups is 1. The SMILES string of the molecule is CC(O)C1(O)CN(C(=O)c2ccc(NOc3cccc4cccnc34)cc2)C1. The molecule has 0 radical (unpaired) electrons.